The standard InChI is InChI=1S/C21H28N2O4S/c1-15(14-27-5)23-28(25,26)19-12-6-16(7-13-19)20(24)22-18-10-8-17(9-11-18)21(2,3)4/h6-13,15,23H,14H2,1-5H3,(H,22,24)/t15-/m1/s1. The van der Waals surface area contributed by atoms with Crippen LogP contribution in [-0.4, -0.2) is 34.1 Å². The van der Waals surface area contributed by atoms with E-state index in [9.17, 15) is 13.2 Å². The molecule has 0 aromatic heterocycles. The van der Waals surface area contributed by atoms with Crippen LogP contribution < -0.4 is 10.0 Å². The lowest BCUT2D eigenvalue weighted by atomic mass is 9.87. The van der Waals surface area contributed by atoms with Crippen LogP contribution in [0.5, 0.6) is 0 Å². The van der Waals surface area contributed by atoms with E-state index in [4.69, 9.17) is 4.74 Å². The van der Waals surface area contributed by atoms with E-state index in [1.54, 1.807) is 6.92 Å². The van der Waals surface area contributed by atoms with Gasteiger partial charge >= 0.3 is 0 Å². The summed E-state index contributed by atoms with van der Waals surface area (Å²) >= 11 is 0. The van der Waals surface area contributed by atoms with Crippen molar-refractivity contribution in [2.24, 2.45) is 0 Å². The number of amides is 1. The van der Waals surface area contributed by atoms with E-state index in [0.717, 1.165) is 0 Å². The monoisotopic (exact) mass is 404 g/mol. The molecule has 0 fully saturated rings. The molecule has 152 valence electrons. The minimum Gasteiger partial charge on any atom is -0.383 e. The van der Waals surface area contributed by atoms with Crippen molar-refractivity contribution < 1.29 is 17.9 Å². The third-order valence-electron chi connectivity index (χ3n) is 4.21. The normalized spacial score (nSPS) is 13.2. The van der Waals surface area contributed by atoms with E-state index in [1.165, 1.54) is 36.9 Å². The first-order valence-electron chi connectivity index (χ1n) is 9.06. The van der Waals surface area contributed by atoms with Crippen LogP contribution in [0, 0.1) is 0 Å². The summed E-state index contributed by atoms with van der Waals surface area (Å²) in [5.41, 5.74) is 2.28. The third kappa shape index (κ3) is 5.89. The van der Waals surface area contributed by atoms with Gasteiger partial charge in [-0.2, -0.15) is 0 Å². The van der Waals surface area contributed by atoms with Gasteiger partial charge in [0.1, 0.15) is 0 Å². The summed E-state index contributed by atoms with van der Waals surface area (Å²) in [6.45, 7) is 8.37. The van der Waals surface area contributed by atoms with E-state index < -0.39 is 10.0 Å². The number of anilines is 1. The van der Waals surface area contributed by atoms with Crippen molar-refractivity contribution in [3.63, 3.8) is 0 Å². The number of benzene rings is 2. The zero-order valence-electron chi connectivity index (χ0n) is 16.9. The van der Waals surface area contributed by atoms with Gasteiger partial charge in [0.15, 0.2) is 0 Å². The van der Waals surface area contributed by atoms with Crippen LogP contribution >= 0.6 is 0 Å². The Labute approximate surface area is 167 Å². The fourth-order valence-corrected chi connectivity index (χ4v) is 3.89. The molecule has 2 N–H and O–H groups in total. The van der Waals surface area contributed by atoms with Crippen LogP contribution in [0.3, 0.4) is 0 Å². The Hall–Kier alpha value is -2.22. The number of sulfonamides is 1. The topological polar surface area (TPSA) is 84.5 Å². The van der Waals surface area contributed by atoms with E-state index >= 15 is 0 Å². The maximum atomic E-state index is 12.4. The van der Waals surface area contributed by atoms with Gasteiger partial charge in [0.05, 0.1) is 11.5 Å². The van der Waals surface area contributed by atoms with Crippen molar-refractivity contribution >= 4 is 21.6 Å². The molecule has 0 spiro atoms. The predicted molar refractivity (Wildman–Crippen MR) is 111 cm³/mol. The number of hydrogen-bond acceptors (Lipinski definition) is 4. The van der Waals surface area contributed by atoms with Crippen LogP contribution in [0.2, 0.25) is 0 Å². The van der Waals surface area contributed by atoms with E-state index in [0.29, 0.717) is 11.3 Å². The zero-order chi connectivity index (χ0) is 20.9. The SMILES string of the molecule is COC[C@@H](C)NS(=O)(=O)c1ccc(C(=O)Nc2ccc(C(C)(C)C)cc2)cc1. The Balaban J connectivity index is 2.07. The number of rotatable bonds is 7. The van der Waals surface area contributed by atoms with Crippen molar-refractivity contribution in [2.75, 3.05) is 19.0 Å². The Morgan fingerprint density at radius 1 is 1.04 bits per heavy atom. The van der Waals surface area contributed by atoms with Crippen molar-refractivity contribution in [3.8, 4) is 0 Å². The first-order valence-corrected chi connectivity index (χ1v) is 10.5. The van der Waals surface area contributed by atoms with Crippen LogP contribution in [0.25, 0.3) is 0 Å². The largest absolute Gasteiger partial charge is 0.383 e. The van der Waals surface area contributed by atoms with Gasteiger partial charge in [0.25, 0.3) is 5.91 Å². The highest BCUT2D eigenvalue weighted by molar-refractivity contribution is 7.89. The fraction of sp³-hybridized carbons (Fsp3) is 0.381. The highest BCUT2D eigenvalue weighted by Gasteiger charge is 2.18. The first-order chi connectivity index (χ1) is 13.0. The summed E-state index contributed by atoms with van der Waals surface area (Å²) in [4.78, 5) is 12.5. The molecule has 0 aliphatic heterocycles. The molecule has 6 nitrogen and oxygen atoms in total. The van der Waals surface area contributed by atoms with Crippen molar-refractivity contribution in [1.29, 1.82) is 0 Å². The average Bonchev–Trinajstić information content (AvgIpc) is 2.61. The summed E-state index contributed by atoms with van der Waals surface area (Å²) in [7, 11) is -2.15. The maximum Gasteiger partial charge on any atom is 0.255 e. The van der Waals surface area contributed by atoms with Gasteiger partial charge in [-0.05, 0) is 54.3 Å². The summed E-state index contributed by atoms with van der Waals surface area (Å²) in [5.74, 6) is -0.298. The highest BCUT2D eigenvalue weighted by Crippen LogP contribution is 2.23. The van der Waals surface area contributed by atoms with Gasteiger partial charge in [0, 0.05) is 24.4 Å². The van der Waals surface area contributed by atoms with Gasteiger partial charge < -0.3 is 10.1 Å². The number of methoxy groups -OCH3 is 1. The molecule has 0 saturated heterocycles. The summed E-state index contributed by atoms with van der Waals surface area (Å²) in [5, 5.41) is 2.82. The Kier molecular flexibility index (Phi) is 6.98. The molecule has 28 heavy (non-hydrogen) atoms. The van der Waals surface area contributed by atoms with Crippen LogP contribution in [-0.2, 0) is 20.2 Å². The molecule has 0 bridgehead atoms. The molecule has 0 radical (unpaired) electrons. The molecule has 0 heterocycles. The minimum absolute atomic E-state index is 0.0403. The van der Waals surface area contributed by atoms with E-state index in [2.05, 4.69) is 30.8 Å². The first kappa shape index (κ1) is 22.1. The van der Waals surface area contributed by atoms with Gasteiger partial charge in [-0.15, -0.1) is 0 Å². The third-order valence-corrected chi connectivity index (χ3v) is 5.81. The van der Waals surface area contributed by atoms with Crippen LogP contribution in [0.4, 0.5) is 5.69 Å². The smallest absolute Gasteiger partial charge is 0.255 e. The quantitative estimate of drug-likeness (QED) is 0.739. The van der Waals surface area contributed by atoms with Gasteiger partial charge in [-0.1, -0.05) is 32.9 Å². The van der Waals surface area contributed by atoms with E-state index in [1.807, 2.05) is 24.3 Å². The molecule has 0 aliphatic rings. The van der Waals surface area contributed by atoms with Gasteiger partial charge in [0.2, 0.25) is 10.0 Å². The number of carbonyl (C=O) groups is 1. The number of carbonyl (C=O) groups excluding carboxylic acids is 1. The fourth-order valence-electron chi connectivity index (χ4n) is 2.66. The van der Waals surface area contributed by atoms with Gasteiger partial charge in [-0.3, -0.25) is 4.79 Å². The molecule has 1 amide bonds. The zero-order valence-corrected chi connectivity index (χ0v) is 17.8. The Morgan fingerprint density at radius 3 is 2.11 bits per heavy atom. The molecule has 1 atom stereocenters. The lowest BCUT2D eigenvalue weighted by Gasteiger charge is -2.19. The molecule has 0 aliphatic carbocycles. The Morgan fingerprint density at radius 2 is 1.61 bits per heavy atom. The molecule has 0 saturated carbocycles. The van der Waals surface area contributed by atoms with Crippen LogP contribution in [0.1, 0.15) is 43.6 Å². The molecule has 7 heteroatoms. The second kappa shape index (κ2) is 8.86. The van der Waals surface area contributed by atoms with Gasteiger partial charge in [-0.25, -0.2) is 13.1 Å². The average molecular weight is 405 g/mol. The summed E-state index contributed by atoms with van der Waals surface area (Å²) in [6.07, 6.45) is 0. The summed E-state index contributed by atoms with van der Waals surface area (Å²) < 4.78 is 32.1. The van der Waals surface area contributed by atoms with Crippen molar-refractivity contribution in [3.05, 3.63) is 59.7 Å². The highest BCUT2D eigenvalue weighted by atomic mass is 32.2. The number of ether oxygens (including phenoxy) is 1. The lowest BCUT2D eigenvalue weighted by Crippen LogP contribution is -2.35. The molecule has 2 aromatic rings. The second-order valence-corrected chi connectivity index (χ2v) is 9.50. The molecular weight excluding hydrogens is 376 g/mol. The van der Waals surface area contributed by atoms with Crippen molar-refractivity contribution in [2.45, 2.75) is 44.0 Å². The minimum atomic E-state index is -3.66. The predicted octanol–water partition coefficient (Wildman–Crippen LogP) is 3.55. The summed E-state index contributed by atoms with van der Waals surface area (Å²) in [6, 6.07) is 13.2. The number of hydrogen-bond donors (Lipinski definition) is 2. The lowest BCUT2D eigenvalue weighted by molar-refractivity contribution is 0.102. The second-order valence-electron chi connectivity index (χ2n) is 7.78. The van der Waals surface area contributed by atoms with E-state index in [-0.39, 0.29) is 28.9 Å². The molecule has 0 unspecified atom stereocenters. The molecular formula is C21H28N2O4S. The maximum absolute atomic E-state index is 12.4. The van der Waals surface area contributed by atoms with Crippen LogP contribution in [0.15, 0.2) is 53.4 Å². The Bertz CT molecular complexity index is 899. The van der Waals surface area contributed by atoms with Crippen molar-refractivity contribution in [1.82, 2.24) is 4.72 Å². The molecule has 2 rings (SSSR count). The number of nitrogens with one attached hydrogen (secondary N) is 2. The molecule has 2 aromatic carbocycles.